The third-order valence-electron chi connectivity index (χ3n) is 9.03. The Morgan fingerprint density at radius 3 is 2.41 bits per heavy atom. The molecule has 0 heterocycles. The second kappa shape index (κ2) is 10.7. The number of aryl methyl sites for hydroxylation is 1. The van der Waals surface area contributed by atoms with E-state index >= 15 is 0 Å². The number of fused-ring (bicyclic) bond motifs is 2. The van der Waals surface area contributed by atoms with Crippen LogP contribution in [0.15, 0.2) is 108 Å². The summed E-state index contributed by atoms with van der Waals surface area (Å²) in [5.74, 6) is 0.654. The van der Waals surface area contributed by atoms with Gasteiger partial charge in [-0.3, -0.25) is 4.99 Å². The molecule has 2 aliphatic carbocycles. The Bertz CT molecular complexity index is 1660. The topological polar surface area (TPSA) is 32.6 Å². The number of para-hydroxylation sites is 1. The molecular weight excluding hydrogens is 498 g/mol. The van der Waals surface area contributed by atoms with E-state index in [2.05, 4.69) is 124 Å². The fraction of sp³-hybridized carbons (Fsp3) is 0.256. The maximum atomic E-state index is 10.8. The highest BCUT2D eigenvalue weighted by Crippen LogP contribution is 2.55. The summed E-state index contributed by atoms with van der Waals surface area (Å²) < 4.78 is 0. The zero-order chi connectivity index (χ0) is 28.6. The number of phenols is 1. The lowest BCUT2D eigenvalue weighted by atomic mass is 9.65. The van der Waals surface area contributed by atoms with Crippen molar-refractivity contribution in [1.82, 2.24) is 0 Å². The maximum absolute atomic E-state index is 10.8. The minimum Gasteiger partial charge on any atom is -0.507 e. The quantitative estimate of drug-likeness (QED) is 0.234. The molecule has 0 aromatic heterocycles. The monoisotopic (exact) mass is 537 g/mol. The minimum atomic E-state index is -0.128. The van der Waals surface area contributed by atoms with Crippen LogP contribution in [0.2, 0.25) is 0 Å². The highest BCUT2D eigenvalue weighted by atomic mass is 16.3. The maximum Gasteiger partial charge on any atom is 0.128 e. The predicted molar refractivity (Wildman–Crippen MR) is 173 cm³/mol. The highest BCUT2D eigenvalue weighted by molar-refractivity contribution is 5.86. The number of hydrogen-bond donors (Lipinski definition) is 1. The molecule has 206 valence electrons. The van der Waals surface area contributed by atoms with E-state index in [1.54, 1.807) is 6.21 Å². The van der Waals surface area contributed by atoms with Crippen molar-refractivity contribution in [3.63, 3.8) is 0 Å². The summed E-state index contributed by atoms with van der Waals surface area (Å²) in [4.78, 5) is 4.68. The van der Waals surface area contributed by atoms with Gasteiger partial charge in [-0.1, -0.05) is 119 Å². The van der Waals surface area contributed by atoms with Crippen molar-refractivity contribution in [2.24, 2.45) is 10.4 Å². The van der Waals surface area contributed by atoms with Crippen LogP contribution in [0.25, 0.3) is 11.6 Å². The standard InChI is InChI=1S/C39H39NO/c1-38(2,3)36-15-9-12-30(37(36)41)26-40-31-20-16-27(17-21-31)24-25-39(4,34-22-18-28-10-5-7-13-32(28)34)35-23-19-29-11-6-8-14-33(29)35/h5-18,20-23,26,34,41H,19,24-25H2,1-4H3/b40-26+. The summed E-state index contributed by atoms with van der Waals surface area (Å²) in [7, 11) is 0. The van der Waals surface area contributed by atoms with Gasteiger partial charge < -0.3 is 5.11 Å². The van der Waals surface area contributed by atoms with Crippen LogP contribution in [0.5, 0.6) is 5.75 Å². The van der Waals surface area contributed by atoms with Gasteiger partial charge in [0.1, 0.15) is 5.75 Å². The van der Waals surface area contributed by atoms with Crippen molar-refractivity contribution in [2.45, 2.75) is 58.3 Å². The van der Waals surface area contributed by atoms with Crippen LogP contribution >= 0.6 is 0 Å². The van der Waals surface area contributed by atoms with Gasteiger partial charge in [0.05, 0.1) is 5.69 Å². The summed E-state index contributed by atoms with van der Waals surface area (Å²) in [5, 5.41) is 10.8. The van der Waals surface area contributed by atoms with E-state index in [1.807, 2.05) is 18.2 Å². The van der Waals surface area contributed by atoms with Gasteiger partial charge in [0.15, 0.2) is 0 Å². The average molecular weight is 538 g/mol. The van der Waals surface area contributed by atoms with E-state index in [9.17, 15) is 5.11 Å². The zero-order valence-electron chi connectivity index (χ0n) is 24.6. The molecule has 41 heavy (non-hydrogen) atoms. The van der Waals surface area contributed by atoms with E-state index in [4.69, 9.17) is 0 Å². The second-order valence-electron chi connectivity index (χ2n) is 12.8. The number of nitrogens with zero attached hydrogens (tertiary/aromatic N) is 1. The highest BCUT2D eigenvalue weighted by Gasteiger charge is 2.41. The molecule has 1 N–H and O–H groups in total. The molecule has 0 saturated heterocycles. The molecule has 0 fully saturated rings. The van der Waals surface area contributed by atoms with Crippen molar-refractivity contribution in [3.05, 3.63) is 142 Å². The first kappa shape index (κ1) is 27.0. The predicted octanol–water partition coefficient (Wildman–Crippen LogP) is 9.83. The van der Waals surface area contributed by atoms with Gasteiger partial charge in [0.2, 0.25) is 0 Å². The molecule has 2 aliphatic rings. The summed E-state index contributed by atoms with van der Waals surface area (Å²) in [5.41, 5.74) is 10.8. The smallest absolute Gasteiger partial charge is 0.128 e. The van der Waals surface area contributed by atoms with Crippen LogP contribution in [0.3, 0.4) is 0 Å². The summed E-state index contributed by atoms with van der Waals surface area (Å²) in [6.45, 7) is 8.79. The Morgan fingerprint density at radius 1 is 0.854 bits per heavy atom. The Kier molecular flexibility index (Phi) is 7.03. The van der Waals surface area contributed by atoms with Gasteiger partial charge in [-0.25, -0.2) is 0 Å². The minimum absolute atomic E-state index is 0.0257. The van der Waals surface area contributed by atoms with Crippen LogP contribution in [0.1, 0.15) is 79.0 Å². The fourth-order valence-corrected chi connectivity index (χ4v) is 6.65. The third kappa shape index (κ3) is 5.20. The lowest BCUT2D eigenvalue weighted by Gasteiger charge is -2.38. The van der Waals surface area contributed by atoms with Gasteiger partial charge in [-0.2, -0.15) is 0 Å². The van der Waals surface area contributed by atoms with Gasteiger partial charge in [0.25, 0.3) is 0 Å². The SMILES string of the molecule is CC(C)(C)c1cccc(/C=N/c2ccc(CCC(C)(C3=CCc4ccccc43)C3C=Cc4ccccc43)cc2)c1O. The third-order valence-corrected chi connectivity index (χ3v) is 9.03. The first-order valence-electron chi connectivity index (χ1n) is 14.8. The molecule has 4 aromatic carbocycles. The van der Waals surface area contributed by atoms with Gasteiger partial charge in [-0.05, 0) is 81.8 Å². The first-order chi connectivity index (χ1) is 19.7. The molecule has 0 aliphatic heterocycles. The number of hydrogen-bond acceptors (Lipinski definition) is 2. The van der Waals surface area contributed by atoms with Crippen molar-refractivity contribution in [3.8, 4) is 5.75 Å². The number of allylic oxidation sites excluding steroid dienone is 3. The molecule has 0 saturated carbocycles. The normalized spacial score (nSPS) is 17.4. The van der Waals surface area contributed by atoms with Gasteiger partial charge >= 0.3 is 0 Å². The Labute approximate surface area is 244 Å². The summed E-state index contributed by atoms with van der Waals surface area (Å²) >= 11 is 0. The molecular formula is C39H39NO. The van der Waals surface area contributed by atoms with E-state index < -0.39 is 0 Å². The lowest BCUT2D eigenvalue weighted by molar-refractivity contribution is 0.370. The van der Waals surface area contributed by atoms with Crippen LogP contribution in [-0.4, -0.2) is 11.3 Å². The van der Waals surface area contributed by atoms with Crippen molar-refractivity contribution in [1.29, 1.82) is 0 Å². The Hall–Kier alpha value is -4.17. The van der Waals surface area contributed by atoms with Crippen LogP contribution in [0.4, 0.5) is 5.69 Å². The fourth-order valence-electron chi connectivity index (χ4n) is 6.65. The number of rotatable bonds is 7. The van der Waals surface area contributed by atoms with E-state index in [0.29, 0.717) is 11.7 Å². The lowest BCUT2D eigenvalue weighted by Crippen LogP contribution is -2.26. The van der Waals surface area contributed by atoms with E-state index in [0.717, 1.165) is 36.1 Å². The molecule has 2 atom stereocenters. The van der Waals surface area contributed by atoms with Crippen LogP contribution in [-0.2, 0) is 18.3 Å². The van der Waals surface area contributed by atoms with Crippen LogP contribution < -0.4 is 0 Å². The first-order valence-corrected chi connectivity index (χ1v) is 14.8. The van der Waals surface area contributed by atoms with Gasteiger partial charge in [-0.15, -0.1) is 0 Å². The van der Waals surface area contributed by atoms with Crippen molar-refractivity contribution in [2.75, 3.05) is 0 Å². The van der Waals surface area contributed by atoms with E-state index in [-0.39, 0.29) is 10.8 Å². The molecule has 2 heteroatoms. The second-order valence-corrected chi connectivity index (χ2v) is 12.8. The molecule has 2 unspecified atom stereocenters. The summed E-state index contributed by atoms with van der Waals surface area (Å²) in [6.07, 6.45) is 12.0. The molecule has 0 bridgehead atoms. The number of aromatic hydroxyl groups is 1. The molecule has 0 radical (unpaired) electrons. The Morgan fingerprint density at radius 2 is 1.61 bits per heavy atom. The van der Waals surface area contributed by atoms with Gasteiger partial charge in [0, 0.05) is 23.1 Å². The number of benzene rings is 4. The summed E-state index contributed by atoms with van der Waals surface area (Å²) in [6, 6.07) is 32.2. The number of phenolic OH excluding ortho intramolecular Hbond substituents is 1. The molecule has 0 amide bonds. The average Bonchev–Trinajstić information content (AvgIpc) is 3.61. The molecule has 4 aromatic rings. The number of aliphatic imine (C=N–C) groups is 1. The molecule has 0 spiro atoms. The van der Waals surface area contributed by atoms with E-state index in [1.165, 1.54) is 33.4 Å². The largest absolute Gasteiger partial charge is 0.507 e. The molecule has 2 nitrogen and oxygen atoms in total. The molecule has 6 rings (SSSR count). The zero-order valence-corrected chi connectivity index (χ0v) is 24.6. The van der Waals surface area contributed by atoms with Crippen molar-refractivity contribution < 1.29 is 5.11 Å². The Balaban J connectivity index is 1.23. The van der Waals surface area contributed by atoms with Crippen LogP contribution in [0, 0.1) is 5.41 Å². The van der Waals surface area contributed by atoms with Crippen molar-refractivity contribution >= 4 is 23.6 Å².